The van der Waals surface area contributed by atoms with Gasteiger partial charge in [0.1, 0.15) is 6.10 Å². The molecule has 0 bridgehead atoms. The Morgan fingerprint density at radius 1 is 1.28 bits per heavy atom. The van der Waals surface area contributed by atoms with Crippen molar-refractivity contribution in [1.29, 1.82) is 0 Å². The van der Waals surface area contributed by atoms with Crippen molar-refractivity contribution in [3.63, 3.8) is 0 Å². The first-order valence-corrected chi connectivity index (χ1v) is 11.5. The van der Waals surface area contributed by atoms with Crippen LogP contribution in [0.4, 0.5) is 22.0 Å². The van der Waals surface area contributed by atoms with E-state index < -0.39 is 52.5 Å². The van der Waals surface area contributed by atoms with Gasteiger partial charge in [-0.3, -0.25) is 4.79 Å². The van der Waals surface area contributed by atoms with Crippen molar-refractivity contribution in [2.24, 2.45) is 5.92 Å². The van der Waals surface area contributed by atoms with Gasteiger partial charge in [0.05, 0.1) is 26.9 Å². The minimum atomic E-state index is -4.79. The highest BCUT2D eigenvalue weighted by atomic mass is 19.4. The van der Waals surface area contributed by atoms with E-state index in [0.717, 1.165) is 20.1 Å². The highest BCUT2D eigenvalue weighted by Crippen LogP contribution is 2.59. The molecule has 3 rings (SSSR count). The van der Waals surface area contributed by atoms with Gasteiger partial charge in [0, 0.05) is 46.3 Å². The molecule has 200 valence electrons. The van der Waals surface area contributed by atoms with Crippen molar-refractivity contribution >= 4 is 0 Å². The van der Waals surface area contributed by atoms with Gasteiger partial charge in [-0.25, -0.2) is 4.39 Å². The Hall–Kier alpha value is -2.50. The summed E-state index contributed by atoms with van der Waals surface area (Å²) in [5.74, 6) is -5.79. The zero-order valence-electron chi connectivity index (χ0n) is 20.6. The van der Waals surface area contributed by atoms with Crippen LogP contribution in [0.25, 0.3) is 0 Å². The van der Waals surface area contributed by atoms with Gasteiger partial charge in [-0.05, 0) is 19.9 Å². The number of halogens is 5. The number of H-pyrrole nitrogens is 1. The molecule has 0 aliphatic carbocycles. The van der Waals surface area contributed by atoms with Crippen molar-refractivity contribution in [3.8, 4) is 5.75 Å². The number of pyridine rings is 1. The van der Waals surface area contributed by atoms with Crippen LogP contribution < -0.4 is 10.2 Å². The fourth-order valence-corrected chi connectivity index (χ4v) is 4.98. The standard InChI is InChI=1S/C25H30F5NO5/c1-12(11-35-9-8-32)19-14(3)31-17(10-18(19)33)23-20(13(2)24(4,36-23)25(28,29)30)15-6-7-16(26)21(27)22(15)34-5/h6-7,10,12-13,20,23,32H,8-9,11H2,1-5H3,(H,31,33)/t12-,13-,20-,23-,24+/m0/s1. The van der Waals surface area contributed by atoms with Gasteiger partial charge in [0.25, 0.3) is 0 Å². The maximum atomic E-state index is 14.5. The van der Waals surface area contributed by atoms with Crippen molar-refractivity contribution in [3.05, 3.63) is 62.6 Å². The summed E-state index contributed by atoms with van der Waals surface area (Å²) in [6, 6.07) is 3.17. The van der Waals surface area contributed by atoms with E-state index in [9.17, 15) is 26.7 Å². The number of aromatic amines is 1. The number of hydrogen-bond acceptors (Lipinski definition) is 5. The predicted octanol–water partition coefficient (Wildman–Crippen LogP) is 4.89. The van der Waals surface area contributed by atoms with E-state index in [2.05, 4.69) is 4.98 Å². The number of aromatic nitrogens is 1. The van der Waals surface area contributed by atoms with Crippen molar-refractivity contribution in [2.75, 3.05) is 26.9 Å². The molecule has 2 heterocycles. The molecule has 2 aromatic rings. The zero-order valence-corrected chi connectivity index (χ0v) is 20.6. The van der Waals surface area contributed by atoms with E-state index in [0.29, 0.717) is 11.3 Å². The molecule has 0 radical (unpaired) electrons. The Bertz CT molecular complexity index is 1150. The topological polar surface area (TPSA) is 80.8 Å². The van der Waals surface area contributed by atoms with Gasteiger partial charge in [-0.1, -0.05) is 19.9 Å². The van der Waals surface area contributed by atoms with E-state index in [1.807, 2.05) is 0 Å². The predicted molar refractivity (Wildman–Crippen MR) is 121 cm³/mol. The molecule has 1 fully saturated rings. The summed E-state index contributed by atoms with van der Waals surface area (Å²) in [6.07, 6.45) is -6.13. The smallest absolute Gasteiger partial charge is 0.417 e. The molecule has 0 spiro atoms. The Morgan fingerprint density at radius 3 is 2.50 bits per heavy atom. The summed E-state index contributed by atoms with van der Waals surface area (Å²) < 4.78 is 87.0. The first-order valence-electron chi connectivity index (χ1n) is 11.5. The lowest BCUT2D eigenvalue weighted by molar-refractivity contribution is -0.275. The second-order valence-electron chi connectivity index (χ2n) is 9.27. The van der Waals surface area contributed by atoms with Gasteiger partial charge in [0.15, 0.2) is 22.6 Å². The average Bonchev–Trinajstić information content (AvgIpc) is 3.07. The van der Waals surface area contributed by atoms with E-state index in [4.69, 9.17) is 19.3 Å². The summed E-state index contributed by atoms with van der Waals surface area (Å²) in [6.45, 7) is 5.65. The fourth-order valence-electron chi connectivity index (χ4n) is 4.98. The van der Waals surface area contributed by atoms with Gasteiger partial charge in [0.2, 0.25) is 5.82 Å². The number of benzene rings is 1. The number of ether oxygens (including phenoxy) is 3. The van der Waals surface area contributed by atoms with Crippen molar-refractivity contribution in [2.45, 2.75) is 57.4 Å². The van der Waals surface area contributed by atoms with E-state index >= 15 is 0 Å². The largest absolute Gasteiger partial charge is 0.493 e. The van der Waals surface area contributed by atoms with Gasteiger partial charge in [-0.2, -0.15) is 17.6 Å². The average molecular weight is 520 g/mol. The minimum Gasteiger partial charge on any atom is -0.493 e. The zero-order chi connectivity index (χ0) is 27.0. The Morgan fingerprint density at radius 2 is 1.94 bits per heavy atom. The number of aliphatic hydroxyl groups excluding tert-OH is 1. The number of aliphatic hydroxyl groups is 1. The number of aryl methyl sites for hydroxylation is 1. The third-order valence-corrected chi connectivity index (χ3v) is 7.00. The molecule has 5 atom stereocenters. The minimum absolute atomic E-state index is 0.00442. The normalized spacial score (nSPS) is 25.2. The molecule has 1 aromatic heterocycles. The van der Waals surface area contributed by atoms with Crippen LogP contribution in [0.15, 0.2) is 23.0 Å². The van der Waals surface area contributed by atoms with Crippen LogP contribution in [0.3, 0.4) is 0 Å². The van der Waals surface area contributed by atoms with Crippen LogP contribution in [0.5, 0.6) is 5.75 Å². The molecule has 0 unspecified atom stereocenters. The molecular weight excluding hydrogens is 489 g/mol. The third kappa shape index (κ3) is 4.88. The molecule has 1 saturated heterocycles. The second-order valence-corrected chi connectivity index (χ2v) is 9.27. The second kappa shape index (κ2) is 10.5. The van der Waals surface area contributed by atoms with Gasteiger partial charge >= 0.3 is 6.18 Å². The SMILES string of the molecule is COc1c([C@H]2[C@H](c3cc(=O)c([C@@H](C)COCCO)c(C)[nH]3)O[C@@](C)(C(F)(F)F)[C@H]2C)ccc(F)c1F. The number of hydrogen-bond donors (Lipinski definition) is 2. The quantitative estimate of drug-likeness (QED) is 0.383. The molecule has 11 heteroatoms. The molecule has 1 aromatic carbocycles. The monoisotopic (exact) mass is 519 g/mol. The lowest BCUT2D eigenvalue weighted by atomic mass is 9.76. The highest BCUT2D eigenvalue weighted by molar-refractivity contribution is 5.42. The number of rotatable bonds is 8. The van der Waals surface area contributed by atoms with E-state index in [1.54, 1.807) is 13.8 Å². The number of alkyl halides is 3. The summed E-state index contributed by atoms with van der Waals surface area (Å²) in [5.41, 5.74) is -2.23. The molecule has 2 N–H and O–H groups in total. The lowest BCUT2D eigenvalue weighted by Crippen LogP contribution is -2.46. The first kappa shape index (κ1) is 28.1. The molecule has 0 amide bonds. The van der Waals surface area contributed by atoms with E-state index in [1.165, 1.54) is 19.1 Å². The summed E-state index contributed by atoms with van der Waals surface area (Å²) >= 11 is 0. The maximum absolute atomic E-state index is 14.5. The fraction of sp³-hybridized carbons (Fsp3) is 0.560. The Kier molecular flexibility index (Phi) is 8.17. The van der Waals surface area contributed by atoms with Crippen LogP contribution in [0.1, 0.15) is 61.2 Å². The molecule has 0 saturated carbocycles. The Labute approximate surface area is 205 Å². The van der Waals surface area contributed by atoms with Gasteiger partial charge < -0.3 is 24.3 Å². The summed E-state index contributed by atoms with van der Waals surface area (Å²) in [5, 5.41) is 8.89. The van der Waals surface area contributed by atoms with Crippen LogP contribution in [-0.2, 0) is 9.47 Å². The Balaban J connectivity index is 2.15. The summed E-state index contributed by atoms with van der Waals surface area (Å²) in [4.78, 5) is 16.1. The number of nitrogens with one attached hydrogen (secondary N) is 1. The van der Waals surface area contributed by atoms with Crippen LogP contribution in [-0.4, -0.2) is 48.8 Å². The molecular formula is C25H30F5NO5. The van der Waals surface area contributed by atoms with Gasteiger partial charge in [-0.15, -0.1) is 0 Å². The molecule has 6 nitrogen and oxygen atoms in total. The number of methoxy groups -OCH3 is 1. The van der Waals surface area contributed by atoms with Crippen molar-refractivity contribution in [1.82, 2.24) is 4.98 Å². The van der Waals surface area contributed by atoms with Crippen molar-refractivity contribution < 1.29 is 41.3 Å². The maximum Gasteiger partial charge on any atom is 0.417 e. The molecule has 1 aliphatic heterocycles. The summed E-state index contributed by atoms with van der Waals surface area (Å²) in [7, 11) is 1.10. The lowest BCUT2D eigenvalue weighted by Gasteiger charge is -2.32. The highest BCUT2D eigenvalue weighted by Gasteiger charge is 2.65. The first-order chi connectivity index (χ1) is 16.8. The van der Waals surface area contributed by atoms with E-state index in [-0.39, 0.29) is 37.0 Å². The van der Waals surface area contributed by atoms with Crippen LogP contribution in [0.2, 0.25) is 0 Å². The molecule has 36 heavy (non-hydrogen) atoms. The molecule has 1 aliphatic rings. The third-order valence-electron chi connectivity index (χ3n) is 7.00. The van der Waals surface area contributed by atoms with Crippen LogP contribution >= 0.6 is 0 Å². The van der Waals surface area contributed by atoms with Crippen LogP contribution in [0, 0.1) is 24.5 Å².